The molecular formula is H5N3O3Pt. The van der Waals surface area contributed by atoms with Gasteiger partial charge in [0.25, 0.3) is 5.09 Å². The molecule has 0 fully saturated rings. The van der Waals surface area contributed by atoms with E-state index in [9.17, 15) is 0 Å². The Balaban J connectivity index is 0. The second kappa shape index (κ2) is 9.26. The minimum atomic E-state index is -1.50. The third kappa shape index (κ3) is 2290. The van der Waals surface area contributed by atoms with E-state index in [1.807, 2.05) is 0 Å². The Labute approximate surface area is 48.7 Å². The molecule has 0 saturated carbocycles. The Kier molecular flexibility index (Phi) is 13.1. The summed E-state index contributed by atoms with van der Waals surface area (Å²) in [6.45, 7) is 0. The number of hydrogen-bond acceptors (Lipinski definition) is 4. The molecule has 48 valence electrons. The Bertz CT molecular complexity index is 41.4. The molecule has 0 bridgehead atoms. The quantitative estimate of drug-likeness (QED) is 0.370. The van der Waals surface area contributed by atoms with Crippen molar-refractivity contribution in [2.45, 2.75) is 0 Å². The van der Waals surface area contributed by atoms with Crippen molar-refractivity contribution in [3.63, 3.8) is 0 Å². The molecule has 0 saturated heterocycles. The summed E-state index contributed by atoms with van der Waals surface area (Å²) in [4.78, 5) is 8.36. The zero-order valence-electron chi connectivity index (χ0n) is 3.18. The molecule has 0 rings (SSSR count). The molecule has 7 heteroatoms. The van der Waals surface area contributed by atoms with Crippen LogP contribution in [0, 0.1) is 10.1 Å². The normalized spacial score (nSPS) is 6.57. The van der Waals surface area contributed by atoms with Crippen molar-refractivity contribution in [1.29, 1.82) is 0 Å². The summed E-state index contributed by atoms with van der Waals surface area (Å²) < 4.78 is 9.47. The van der Waals surface area contributed by atoms with Gasteiger partial charge in [-0.15, -0.1) is 10.1 Å². The van der Waals surface area contributed by atoms with Gasteiger partial charge in [-0.3, -0.25) is 0 Å². The van der Waals surface area contributed by atoms with Crippen LogP contribution in [0.5, 0.6) is 0 Å². The van der Waals surface area contributed by atoms with Crippen LogP contribution in [0.1, 0.15) is 0 Å². The van der Waals surface area contributed by atoms with Gasteiger partial charge in [0.2, 0.25) is 0 Å². The monoisotopic (exact) mass is 290 g/mol. The molecule has 0 heterocycles. The van der Waals surface area contributed by atoms with Crippen LogP contribution in [0.2, 0.25) is 0 Å². The molecule has 0 atom stereocenters. The van der Waals surface area contributed by atoms with E-state index < -0.39 is 24.2 Å². The van der Waals surface area contributed by atoms with E-state index in [1.54, 1.807) is 0 Å². The van der Waals surface area contributed by atoms with Crippen LogP contribution >= 0.6 is 0 Å². The maximum absolute atomic E-state index is 8.36. The summed E-state index contributed by atoms with van der Waals surface area (Å²) in [7, 11) is 0. The number of rotatable bonds is 0. The second-order valence-electron chi connectivity index (χ2n) is 0.343. The molecule has 0 aromatic carbocycles. The Morgan fingerprint density at radius 2 is 1.71 bits per heavy atom. The molecule has 7 heavy (non-hydrogen) atoms. The van der Waals surface area contributed by atoms with Crippen molar-refractivity contribution >= 4 is 0 Å². The van der Waals surface area contributed by atoms with Crippen molar-refractivity contribution in [2.24, 2.45) is 8.58 Å². The van der Waals surface area contributed by atoms with Gasteiger partial charge in [-0.2, -0.15) is 0 Å². The summed E-state index contributed by atoms with van der Waals surface area (Å²) in [5.74, 6) is 0. The van der Waals surface area contributed by atoms with Crippen LogP contribution in [0.15, 0.2) is 0 Å². The van der Waals surface area contributed by atoms with Gasteiger partial charge in [0.15, 0.2) is 0 Å². The molecule has 0 aliphatic rings. The zero-order chi connectivity index (χ0) is 6.28. The van der Waals surface area contributed by atoms with Crippen LogP contribution in [-0.4, -0.2) is 10.3 Å². The van der Waals surface area contributed by atoms with E-state index in [4.69, 9.17) is 23.9 Å². The average molecular weight is 290 g/mol. The molecule has 0 unspecified atom stereocenters. The molecule has 0 aromatic rings. The molecular weight excluding hydrogens is 285 g/mol. The number of hydrogen-bond donors (Lipinski definition) is 3. The van der Waals surface area contributed by atoms with E-state index in [2.05, 4.69) is 0 Å². The molecule has 0 spiro atoms. The molecule has 5 N–H and O–H groups in total. The van der Waals surface area contributed by atoms with Crippen LogP contribution in [0.4, 0.5) is 0 Å². The van der Waals surface area contributed by atoms with Crippen molar-refractivity contribution in [3.8, 4) is 0 Å². The van der Waals surface area contributed by atoms with Crippen LogP contribution in [0.25, 0.3) is 0 Å². The summed E-state index contributed by atoms with van der Waals surface area (Å²) >= 11 is -0.417. The fourth-order valence-corrected chi connectivity index (χ4v) is 0. The number of nitrogens with two attached hydrogens (primary N) is 2. The van der Waals surface area contributed by atoms with Gasteiger partial charge in [0.05, 0.1) is 0 Å². The Hall–Kier alpha value is -0.192. The van der Waals surface area contributed by atoms with E-state index in [1.165, 1.54) is 0 Å². The van der Waals surface area contributed by atoms with Crippen LogP contribution in [0.3, 0.4) is 0 Å². The van der Waals surface area contributed by atoms with Crippen LogP contribution < -0.4 is 8.58 Å². The summed E-state index contributed by atoms with van der Waals surface area (Å²) in [6, 6.07) is 0. The topological polar surface area (TPSA) is 115 Å². The van der Waals surface area contributed by atoms with Crippen molar-refractivity contribution in [3.05, 3.63) is 10.1 Å². The van der Waals surface area contributed by atoms with Crippen molar-refractivity contribution < 1.29 is 29.4 Å². The van der Waals surface area contributed by atoms with E-state index >= 15 is 0 Å². The average Bonchev–Trinajstić information content (AvgIpc) is 1.33. The molecule has 0 aliphatic carbocycles. The number of nitrogens with zero attached hydrogens (tertiary/aromatic N) is 1. The first kappa shape index (κ1) is 9.93. The van der Waals surface area contributed by atoms with Crippen LogP contribution in [-0.2, 0) is 19.1 Å². The first-order valence-corrected chi connectivity index (χ1v) is 3.55. The van der Waals surface area contributed by atoms with Crippen molar-refractivity contribution in [2.75, 3.05) is 0 Å². The maximum atomic E-state index is 8.36. The fourth-order valence-electron chi connectivity index (χ4n) is 0. The van der Waals surface area contributed by atoms with Gasteiger partial charge in [0.1, 0.15) is 0 Å². The third-order valence-corrected chi connectivity index (χ3v) is 0. The van der Waals surface area contributed by atoms with E-state index in [0.29, 0.717) is 0 Å². The second-order valence-corrected chi connectivity index (χ2v) is 1.10. The molecule has 0 aliphatic heterocycles. The minimum absolute atomic E-state index is 0.417. The zero-order valence-corrected chi connectivity index (χ0v) is 5.45. The predicted molar refractivity (Wildman–Crippen MR) is 17.2 cm³/mol. The Morgan fingerprint density at radius 3 is 1.71 bits per heavy atom. The van der Waals surface area contributed by atoms with Gasteiger partial charge in [0, 0.05) is 0 Å². The summed E-state index contributed by atoms with van der Waals surface area (Å²) in [5.41, 5.74) is 0. The molecule has 0 radical (unpaired) electrons. The molecule has 0 amide bonds. The van der Waals surface area contributed by atoms with Gasteiger partial charge >= 0.3 is 27.6 Å². The fraction of sp³-hybridized carbons (Fsp3) is 0. The standard InChI is InChI=1S/HNO3.2H2N.Pt/c2-1(3)4;;;/h(H,2,3,4);2*1H2;/q;2*-1;+2. The first-order chi connectivity index (χ1) is 3.15. The van der Waals surface area contributed by atoms with Gasteiger partial charge < -0.3 is 5.21 Å². The summed E-state index contributed by atoms with van der Waals surface area (Å²) in [5, 5.41) is 13.6. The molecule has 0 aromatic heterocycles. The predicted octanol–water partition coefficient (Wildman–Crippen LogP) is -1.53. The SMILES string of the molecule is O=[N+]([O-])O.[NH2][Pt][NH2]. The third-order valence-electron chi connectivity index (χ3n) is 0. The molecule has 6 nitrogen and oxygen atoms in total. The first-order valence-electron chi connectivity index (χ1n) is 0.930. The van der Waals surface area contributed by atoms with Gasteiger partial charge in [-0.25, -0.2) is 0 Å². The van der Waals surface area contributed by atoms with Crippen molar-refractivity contribution in [1.82, 2.24) is 0 Å². The van der Waals surface area contributed by atoms with Gasteiger partial charge in [-0.05, 0) is 0 Å². The van der Waals surface area contributed by atoms with E-state index in [0.717, 1.165) is 0 Å². The van der Waals surface area contributed by atoms with Gasteiger partial charge in [-0.1, -0.05) is 0 Å². The summed E-state index contributed by atoms with van der Waals surface area (Å²) in [6.07, 6.45) is 0. The Morgan fingerprint density at radius 1 is 1.71 bits per heavy atom. The van der Waals surface area contributed by atoms with E-state index in [-0.39, 0.29) is 0 Å².